The smallest absolute Gasteiger partial charge is 0.251 e. The molecule has 1 saturated heterocycles. The Morgan fingerprint density at radius 3 is 2.50 bits per heavy atom. The zero-order valence-electron chi connectivity index (χ0n) is 15.4. The number of amides is 1. The Morgan fingerprint density at radius 1 is 1.11 bits per heavy atom. The van der Waals surface area contributed by atoms with Crippen LogP contribution >= 0.6 is 0 Å². The Bertz CT molecular complexity index is 980. The molecular weight excluding hydrogens is 350 g/mol. The maximum Gasteiger partial charge on any atom is 0.251 e. The van der Waals surface area contributed by atoms with Crippen LogP contribution in [0.15, 0.2) is 60.7 Å². The number of nitriles is 1. The lowest BCUT2D eigenvalue weighted by molar-refractivity contribution is 0.0931. The van der Waals surface area contributed by atoms with Gasteiger partial charge < -0.3 is 10.2 Å². The lowest BCUT2D eigenvalue weighted by Crippen LogP contribution is -2.44. The molecule has 6 heteroatoms. The summed E-state index contributed by atoms with van der Waals surface area (Å²) in [5.41, 5.74) is 3.26. The number of carbonyl (C=O) groups is 1. The van der Waals surface area contributed by atoms with E-state index >= 15 is 0 Å². The second kappa shape index (κ2) is 7.97. The van der Waals surface area contributed by atoms with E-state index in [1.54, 1.807) is 24.3 Å². The van der Waals surface area contributed by atoms with Crippen LogP contribution < -0.4 is 10.2 Å². The molecule has 1 aliphatic rings. The van der Waals surface area contributed by atoms with Gasteiger partial charge in [-0.25, -0.2) is 0 Å². The molecule has 28 heavy (non-hydrogen) atoms. The van der Waals surface area contributed by atoms with Gasteiger partial charge in [0.25, 0.3) is 5.91 Å². The summed E-state index contributed by atoms with van der Waals surface area (Å²) in [5.74, 6) is 0.852. The number of aromatic nitrogens is 2. The molecule has 140 valence electrons. The van der Waals surface area contributed by atoms with Gasteiger partial charge in [0, 0.05) is 30.8 Å². The van der Waals surface area contributed by atoms with E-state index in [1.165, 1.54) is 0 Å². The zero-order valence-corrected chi connectivity index (χ0v) is 15.4. The number of aromatic amines is 1. The standard InChI is InChI=1S/C22H21N5O/c23-15-16-6-8-18(9-7-16)22(28)24-19-10-12-27(13-11-19)21-14-20(25-26-21)17-4-2-1-3-5-17/h1-9,14,19H,10-13H2,(H,24,28)(H,25,26). The molecule has 0 radical (unpaired) electrons. The van der Waals surface area contributed by atoms with Gasteiger partial charge in [0.05, 0.1) is 17.3 Å². The summed E-state index contributed by atoms with van der Waals surface area (Å²) in [6.07, 6.45) is 1.74. The number of hydrogen-bond donors (Lipinski definition) is 2. The molecular formula is C22H21N5O. The van der Waals surface area contributed by atoms with Crippen molar-refractivity contribution >= 4 is 11.7 Å². The molecule has 2 N–H and O–H groups in total. The number of benzene rings is 2. The molecule has 6 nitrogen and oxygen atoms in total. The third-order valence-corrected chi connectivity index (χ3v) is 5.08. The van der Waals surface area contributed by atoms with Crippen LogP contribution in [-0.2, 0) is 0 Å². The van der Waals surface area contributed by atoms with E-state index in [0.717, 1.165) is 43.0 Å². The van der Waals surface area contributed by atoms with Crippen molar-refractivity contribution in [3.8, 4) is 17.3 Å². The Hall–Kier alpha value is -3.59. The largest absolute Gasteiger partial charge is 0.355 e. The number of piperidine rings is 1. The lowest BCUT2D eigenvalue weighted by atomic mass is 10.0. The van der Waals surface area contributed by atoms with Gasteiger partial charge in [0.1, 0.15) is 0 Å². The van der Waals surface area contributed by atoms with E-state index in [4.69, 9.17) is 5.26 Å². The fraction of sp³-hybridized carbons (Fsp3) is 0.227. The first-order valence-electron chi connectivity index (χ1n) is 9.40. The summed E-state index contributed by atoms with van der Waals surface area (Å²) < 4.78 is 0. The molecule has 3 aromatic rings. The molecule has 4 rings (SSSR count). The molecule has 1 amide bonds. The fourth-order valence-corrected chi connectivity index (χ4v) is 3.46. The van der Waals surface area contributed by atoms with Gasteiger partial charge in [-0.2, -0.15) is 10.4 Å². The zero-order chi connectivity index (χ0) is 19.3. The predicted molar refractivity (Wildman–Crippen MR) is 108 cm³/mol. The van der Waals surface area contributed by atoms with E-state index in [2.05, 4.69) is 44.7 Å². The second-order valence-corrected chi connectivity index (χ2v) is 6.93. The second-order valence-electron chi connectivity index (χ2n) is 6.93. The van der Waals surface area contributed by atoms with Crippen LogP contribution in [0, 0.1) is 11.3 Å². The molecule has 2 heterocycles. The Labute approximate surface area is 163 Å². The van der Waals surface area contributed by atoms with Crippen LogP contribution in [0.3, 0.4) is 0 Å². The molecule has 0 atom stereocenters. The molecule has 1 aromatic heterocycles. The van der Waals surface area contributed by atoms with Crippen LogP contribution in [0.25, 0.3) is 11.3 Å². The highest BCUT2D eigenvalue weighted by Crippen LogP contribution is 2.24. The minimum Gasteiger partial charge on any atom is -0.355 e. The summed E-state index contributed by atoms with van der Waals surface area (Å²) in [5, 5.41) is 19.5. The van der Waals surface area contributed by atoms with E-state index in [1.807, 2.05) is 18.2 Å². The Morgan fingerprint density at radius 2 is 1.82 bits per heavy atom. The lowest BCUT2D eigenvalue weighted by Gasteiger charge is -2.32. The minimum atomic E-state index is -0.0888. The monoisotopic (exact) mass is 371 g/mol. The van der Waals surface area contributed by atoms with Gasteiger partial charge in [-0.3, -0.25) is 9.89 Å². The van der Waals surface area contributed by atoms with Crippen molar-refractivity contribution in [3.63, 3.8) is 0 Å². The average Bonchev–Trinajstić information content (AvgIpc) is 3.25. The van der Waals surface area contributed by atoms with E-state index < -0.39 is 0 Å². The highest BCUT2D eigenvalue weighted by atomic mass is 16.1. The number of carbonyl (C=O) groups excluding carboxylic acids is 1. The van der Waals surface area contributed by atoms with Gasteiger partial charge >= 0.3 is 0 Å². The third kappa shape index (κ3) is 3.89. The molecule has 0 saturated carbocycles. The van der Waals surface area contributed by atoms with Crippen molar-refractivity contribution < 1.29 is 4.79 Å². The van der Waals surface area contributed by atoms with E-state index in [-0.39, 0.29) is 11.9 Å². The number of rotatable bonds is 4. The number of hydrogen-bond acceptors (Lipinski definition) is 4. The van der Waals surface area contributed by atoms with Gasteiger partial charge in [0.2, 0.25) is 0 Å². The van der Waals surface area contributed by atoms with Crippen molar-refractivity contribution in [2.45, 2.75) is 18.9 Å². The van der Waals surface area contributed by atoms with E-state index in [9.17, 15) is 4.79 Å². The average molecular weight is 371 g/mol. The topological polar surface area (TPSA) is 84.8 Å². The first-order chi connectivity index (χ1) is 13.7. The number of nitrogens with zero attached hydrogens (tertiary/aromatic N) is 3. The molecule has 0 aliphatic carbocycles. The van der Waals surface area contributed by atoms with Gasteiger partial charge in [-0.05, 0) is 42.7 Å². The SMILES string of the molecule is N#Cc1ccc(C(=O)NC2CCN(c3cc(-c4ccccc4)[nH]n3)CC2)cc1. The maximum atomic E-state index is 12.4. The van der Waals surface area contributed by atoms with Crippen LogP contribution in [-0.4, -0.2) is 35.2 Å². The molecule has 0 bridgehead atoms. The summed E-state index contributed by atoms with van der Waals surface area (Å²) in [6.45, 7) is 1.69. The first-order valence-corrected chi connectivity index (χ1v) is 9.40. The van der Waals surface area contributed by atoms with Crippen LogP contribution in [0.5, 0.6) is 0 Å². The summed E-state index contributed by atoms with van der Waals surface area (Å²) in [4.78, 5) is 14.6. The molecule has 0 unspecified atom stereocenters. The first kappa shape index (κ1) is 17.8. The van der Waals surface area contributed by atoms with Gasteiger partial charge in [-0.1, -0.05) is 30.3 Å². The third-order valence-electron chi connectivity index (χ3n) is 5.08. The van der Waals surface area contributed by atoms with Gasteiger partial charge in [0.15, 0.2) is 5.82 Å². The van der Waals surface area contributed by atoms with Crippen molar-refractivity contribution in [3.05, 3.63) is 71.8 Å². The van der Waals surface area contributed by atoms with Crippen LogP contribution in [0.2, 0.25) is 0 Å². The Kier molecular flexibility index (Phi) is 5.07. The molecule has 1 fully saturated rings. The predicted octanol–water partition coefficient (Wildman–Crippen LogP) is 3.35. The highest BCUT2D eigenvalue weighted by Gasteiger charge is 2.22. The number of H-pyrrole nitrogens is 1. The summed E-state index contributed by atoms with van der Waals surface area (Å²) in [6, 6.07) is 21.1. The molecule has 2 aromatic carbocycles. The molecule has 0 spiro atoms. The fourth-order valence-electron chi connectivity index (χ4n) is 3.46. The summed E-state index contributed by atoms with van der Waals surface area (Å²) >= 11 is 0. The summed E-state index contributed by atoms with van der Waals surface area (Å²) in [7, 11) is 0. The van der Waals surface area contributed by atoms with Crippen molar-refractivity contribution in [2.24, 2.45) is 0 Å². The van der Waals surface area contributed by atoms with Crippen LogP contribution in [0.1, 0.15) is 28.8 Å². The quantitative estimate of drug-likeness (QED) is 0.737. The maximum absolute atomic E-state index is 12.4. The molecule has 1 aliphatic heterocycles. The highest BCUT2D eigenvalue weighted by molar-refractivity contribution is 5.94. The van der Waals surface area contributed by atoms with Crippen molar-refractivity contribution in [1.29, 1.82) is 5.26 Å². The van der Waals surface area contributed by atoms with Crippen molar-refractivity contribution in [2.75, 3.05) is 18.0 Å². The van der Waals surface area contributed by atoms with Gasteiger partial charge in [-0.15, -0.1) is 0 Å². The van der Waals surface area contributed by atoms with E-state index in [0.29, 0.717) is 11.1 Å². The number of nitrogens with one attached hydrogen (secondary N) is 2. The number of anilines is 1. The van der Waals surface area contributed by atoms with Crippen LogP contribution in [0.4, 0.5) is 5.82 Å². The normalized spacial score (nSPS) is 14.5. The Balaban J connectivity index is 1.33. The van der Waals surface area contributed by atoms with Crippen molar-refractivity contribution in [1.82, 2.24) is 15.5 Å². The minimum absolute atomic E-state index is 0.0888.